The van der Waals surface area contributed by atoms with Gasteiger partial charge < -0.3 is 25.5 Å². The molecule has 3 aliphatic carbocycles. The van der Waals surface area contributed by atoms with E-state index in [1.807, 2.05) is 6.07 Å². The van der Waals surface area contributed by atoms with Crippen molar-refractivity contribution in [1.82, 2.24) is 9.80 Å². The molecule has 3 unspecified atom stereocenters. The third-order valence-electron chi connectivity index (χ3n) is 9.71. The van der Waals surface area contributed by atoms with E-state index in [0.29, 0.717) is 36.6 Å². The van der Waals surface area contributed by atoms with Gasteiger partial charge in [0.05, 0.1) is 23.8 Å². The lowest BCUT2D eigenvalue weighted by molar-refractivity contribution is -0.136. The Morgan fingerprint density at radius 3 is 2.48 bits per heavy atom. The highest BCUT2D eigenvalue weighted by Gasteiger charge is 2.55. The maximum Gasteiger partial charge on any atom is 0.255 e. The summed E-state index contributed by atoms with van der Waals surface area (Å²) >= 11 is 0. The van der Waals surface area contributed by atoms with E-state index in [1.54, 1.807) is 31.3 Å². The number of nitrogens with two attached hydrogens (primary N) is 1. The minimum Gasteiger partial charge on any atom is -0.510 e. The lowest BCUT2D eigenvalue weighted by atomic mass is 9.59. The van der Waals surface area contributed by atoms with Crippen molar-refractivity contribution in [3.05, 3.63) is 58.1 Å². The van der Waals surface area contributed by atoms with Crippen LogP contribution < -0.4 is 5.73 Å². The SMILES string of the molecule is CC1CCN(Cc2ccoc2-c2ccc(O)c3c2CC2CC4C(C(=O)C(C(N)=O)=C(O)[C@H]4N(C)C)C(=O)C2=C3O)CC1. The van der Waals surface area contributed by atoms with E-state index < -0.39 is 52.6 Å². The minimum atomic E-state index is -1.28. The fourth-order valence-electron chi connectivity index (χ4n) is 7.64. The first kappa shape index (κ1) is 28.2. The molecule has 6 rings (SSSR count). The zero-order valence-corrected chi connectivity index (χ0v) is 24.1. The van der Waals surface area contributed by atoms with Crippen molar-refractivity contribution in [2.24, 2.45) is 29.4 Å². The number of allylic oxidation sites excluding steroid dienone is 1. The van der Waals surface area contributed by atoms with Gasteiger partial charge >= 0.3 is 0 Å². The number of piperidine rings is 1. The number of amides is 1. The minimum absolute atomic E-state index is 0.0642. The van der Waals surface area contributed by atoms with Crippen LogP contribution in [0.3, 0.4) is 0 Å². The number of fused-ring (bicyclic) bond motifs is 3. The van der Waals surface area contributed by atoms with E-state index in [0.717, 1.165) is 37.1 Å². The number of phenols is 1. The molecule has 10 heteroatoms. The summed E-state index contributed by atoms with van der Waals surface area (Å²) in [5.41, 5.74) is 7.49. The zero-order chi connectivity index (χ0) is 30.0. The van der Waals surface area contributed by atoms with Gasteiger partial charge in [0.25, 0.3) is 5.91 Å². The molecule has 1 aromatic heterocycles. The molecule has 0 bridgehead atoms. The summed E-state index contributed by atoms with van der Waals surface area (Å²) < 4.78 is 6.00. The normalized spacial score (nSPS) is 26.9. The van der Waals surface area contributed by atoms with Crippen LogP contribution in [0.5, 0.6) is 5.75 Å². The van der Waals surface area contributed by atoms with Gasteiger partial charge in [-0.05, 0) is 94.4 Å². The monoisotopic (exact) mass is 575 g/mol. The van der Waals surface area contributed by atoms with Crippen LogP contribution in [0.2, 0.25) is 0 Å². The molecule has 4 aliphatic rings. The molecule has 2 fully saturated rings. The molecule has 1 aliphatic heterocycles. The summed E-state index contributed by atoms with van der Waals surface area (Å²) in [5, 5.41) is 33.4. The van der Waals surface area contributed by atoms with E-state index in [-0.39, 0.29) is 22.6 Å². The first-order valence-corrected chi connectivity index (χ1v) is 14.5. The fourth-order valence-corrected chi connectivity index (χ4v) is 7.64. The van der Waals surface area contributed by atoms with Gasteiger partial charge in [0.2, 0.25) is 0 Å². The summed E-state index contributed by atoms with van der Waals surface area (Å²) in [6.07, 6.45) is 4.55. The molecular weight excluding hydrogens is 538 g/mol. The quantitative estimate of drug-likeness (QED) is 0.310. The number of aliphatic hydroxyl groups is 2. The standard InChI is InChI=1S/C32H37N3O7/c1-15-6-9-35(10-7-15)14-16-8-11-42-31(16)18-4-5-21(36)23-19(18)12-17-13-20-24(28(38)22(17)27(23)37)29(39)25(32(33)41)30(40)26(20)34(2)3/h4-5,8,11,15,17,20,24,26,36-37,40H,6-7,9-10,12-14H2,1-3H3,(H2,33,41)/t17?,20?,24?,26-/m0/s1. The van der Waals surface area contributed by atoms with Crippen LogP contribution in [0.25, 0.3) is 17.1 Å². The third-order valence-corrected chi connectivity index (χ3v) is 9.71. The number of ketones is 2. The van der Waals surface area contributed by atoms with E-state index in [9.17, 15) is 29.7 Å². The first-order chi connectivity index (χ1) is 20.0. The van der Waals surface area contributed by atoms with Gasteiger partial charge in [0.1, 0.15) is 28.6 Å². The van der Waals surface area contributed by atoms with E-state index in [4.69, 9.17) is 10.2 Å². The Kier molecular flexibility index (Phi) is 7.01. The number of hydrogen-bond acceptors (Lipinski definition) is 9. The van der Waals surface area contributed by atoms with Crippen molar-refractivity contribution >= 4 is 23.2 Å². The van der Waals surface area contributed by atoms with E-state index in [2.05, 4.69) is 11.8 Å². The van der Waals surface area contributed by atoms with Gasteiger partial charge in [-0.25, -0.2) is 0 Å². The predicted octanol–water partition coefficient (Wildman–Crippen LogP) is 3.34. The van der Waals surface area contributed by atoms with Crippen LogP contribution in [0.4, 0.5) is 0 Å². The molecule has 4 atom stereocenters. The lowest BCUT2D eigenvalue weighted by Crippen LogP contribution is -2.55. The number of rotatable bonds is 5. The summed E-state index contributed by atoms with van der Waals surface area (Å²) in [7, 11) is 3.40. The Morgan fingerprint density at radius 2 is 1.81 bits per heavy atom. The van der Waals surface area contributed by atoms with Crippen LogP contribution in [-0.4, -0.2) is 75.8 Å². The van der Waals surface area contributed by atoms with E-state index >= 15 is 0 Å². The summed E-state index contributed by atoms with van der Waals surface area (Å²) in [6.45, 7) is 4.99. The smallest absolute Gasteiger partial charge is 0.255 e. The lowest BCUT2D eigenvalue weighted by Gasteiger charge is -2.46. The van der Waals surface area contributed by atoms with Crippen LogP contribution in [0, 0.1) is 23.7 Å². The molecule has 1 amide bonds. The van der Waals surface area contributed by atoms with Gasteiger partial charge in [0.15, 0.2) is 11.6 Å². The molecule has 42 heavy (non-hydrogen) atoms. The molecule has 0 radical (unpaired) electrons. The molecule has 0 spiro atoms. The molecule has 5 N–H and O–H groups in total. The van der Waals surface area contributed by atoms with Crippen LogP contribution in [0.15, 0.2) is 45.8 Å². The summed E-state index contributed by atoms with van der Waals surface area (Å²) in [4.78, 5) is 43.6. The van der Waals surface area contributed by atoms with Gasteiger partial charge in [0, 0.05) is 23.2 Å². The Bertz CT molecular complexity index is 1540. The van der Waals surface area contributed by atoms with Crippen molar-refractivity contribution in [2.45, 2.75) is 45.2 Å². The highest BCUT2D eigenvalue weighted by molar-refractivity contribution is 6.28. The van der Waals surface area contributed by atoms with Crippen LogP contribution in [-0.2, 0) is 27.3 Å². The topological polar surface area (TPSA) is 158 Å². The number of likely N-dealkylation sites (tertiary alicyclic amines) is 1. The number of aromatic hydroxyl groups is 1. The number of primary amides is 1. The highest BCUT2D eigenvalue weighted by atomic mass is 16.3. The number of benzene rings is 1. The number of carbonyl (C=O) groups excluding carboxylic acids is 3. The summed E-state index contributed by atoms with van der Waals surface area (Å²) in [5.74, 6) is -4.52. The van der Waals surface area contributed by atoms with E-state index in [1.165, 1.54) is 6.07 Å². The molecule has 1 saturated heterocycles. The zero-order valence-electron chi connectivity index (χ0n) is 24.1. The average molecular weight is 576 g/mol. The molecule has 222 valence electrons. The Hall–Kier alpha value is -3.89. The summed E-state index contributed by atoms with van der Waals surface area (Å²) in [6, 6.07) is 4.43. The van der Waals surface area contributed by atoms with Crippen LogP contribution >= 0.6 is 0 Å². The van der Waals surface area contributed by atoms with Crippen LogP contribution in [0.1, 0.15) is 42.9 Å². The first-order valence-electron chi connectivity index (χ1n) is 14.5. The van der Waals surface area contributed by atoms with Gasteiger partial charge in [-0.2, -0.15) is 0 Å². The maximum atomic E-state index is 14.0. The number of phenolic OH excluding ortho intramolecular Hbond substituents is 1. The number of carbonyl (C=O) groups is 3. The number of aliphatic hydroxyl groups excluding tert-OH is 2. The Balaban J connectivity index is 1.42. The molecule has 10 nitrogen and oxygen atoms in total. The largest absolute Gasteiger partial charge is 0.510 e. The average Bonchev–Trinajstić information content (AvgIpc) is 3.37. The highest BCUT2D eigenvalue weighted by Crippen LogP contribution is 2.52. The van der Waals surface area contributed by atoms with Gasteiger partial charge in [-0.1, -0.05) is 6.92 Å². The van der Waals surface area contributed by atoms with Crippen molar-refractivity contribution in [1.29, 1.82) is 0 Å². The predicted molar refractivity (Wildman–Crippen MR) is 154 cm³/mol. The fraction of sp³-hybridized carbons (Fsp3) is 0.469. The third kappa shape index (κ3) is 4.35. The Morgan fingerprint density at radius 1 is 1.10 bits per heavy atom. The van der Waals surface area contributed by atoms with Crippen molar-refractivity contribution in [3.8, 4) is 17.1 Å². The second kappa shape index (κ2) is 10.4. The maximum absolute atomic E-state index is 14.0. The van der Waals surface area contributed by atoms with Gasteiger partial charge in [-0.3, -0.25) is 24.2 Å². The van der Waals surface area contributed by atoms with Crippen molar-refractivity contribution in [2.75, 3.05) is 27.2 Å². The second-order valence-electron chi connectivity index (χ2n) is 12.5. The molecule has 1 saturated carbocycles. The second-order valence-corrected chi connectivity index (χ2v) is 12.5. The number of furan rings is 1. The molecule has 2 heterocycles. The van der Waals surface area contributed by atoms with Crippen molar-refractivity contribution in [3.63, 3.8) is 0 Å². The van der Waals surface area contributed by atoms with Gasteiger partial charge in [-0.15, -0.1) is 0 Å². The number of nitrogens with zero attached hydrogens (tertiary/aromatic N) is 2. The number of likely N-dealkylation sites (N-methyl/N-ethyl adjacent to an activating group) is 1. The number of Topliss-reactive ketones (excluding diaryl/α,β-unsaturated/α-hetero) is 2. The Labute approximate surface area is 244 Å². The molecule has 2 aromatic rings. The number of hydrogen-bond donors (Lipinski definition) is 4. The molecule has 1 aromatic carbocycles. The molecular formula is C32H37N3O7. The van der Waals surface area contributed by atoms with Crippen molar-refractivity contribution < 1.29 is 34.1 Å².